The number of halogens is 1. The van der Waals surface area contributed by atoms with Crippen LogP contribution in [0, 0.1) is 19.7 Å². The Hall–Kier alpha value is -2.89. The molecular formula is C18H18FN5. The van der Waals surface area contributed by atoms with Crippen molar-refractivity contribution in [2.45, 2.75) is 19.9 Å². The Morgan fingerprint density at radius 1 is 1.25 bits per heavy atom. The molecule has 0 aliphatic heterocycles. The minimum atomic E-state index is -0.243. The lowest BCUT2D eigenvalue weighted by Gasteiger charge is -2.19. The normalized spacial score (nSPS) is 12.8. The van der Waals surface area contributed by atoms with Gasteiger partial charge in [0.05, 0.1) is 18.1 Å². The molecule has 4 aromatic rings. The zero-order chi connectivity index (χ0) is 16.8. The van der Waals surface area contributed by atoms with Crippen molar-refractivity contribution in [3.05, 3.63) is 71.4 Å². The van der Waals surface area contributed by atoms with E-state index in [0.717, 1.165) is 33.4 Å². The van der Waals surface area contributed by atoms with Crippen molar-refractivity contribution in [2.24, 2.45) is 7.05 Å². The summed E-state index contributed by atoms with van der Waals surface area (Å²) in [5.74, 6) is -0.243. The number of fused-ring (bicyclic) bond motifs is 1. The topological polar surface area (TPSA) is 51.4 Å². The van der Waals surface area contributed by atoms with Crippen LogP contribution in [0.1, 0.15) is 28.6 Å². The minimum absolute atomic E-state index is 0.114. The van der Waals surface area contributed by atoms with Gasteiger partial charge in [-0.25, -0.2) is 9.37 Å². The van der Waals surface area contributed by atoms with Crippen LogP contribution in [0.2, 0.25) is 0 Å². The van der Waals surface area contributed by atoms with Crippen molar-refractivity contribution >= 4 is 10.9 Å². The fraction of sp³-hybridized carbons (Fsp3) is 0.222. The number of hydrogen-bond acceptors (Lipinski definition) is 2. The Morgan fingerprint density at radius 2 is 2.08 bits per heavy atom. The first kappa shape index (κ1) is 14.7. The summed E-state index contributed by atoms with van der Waals surface area (Å²) in [4.78, 5) is 7.44. The second-order valence-electron chi connectivity index (χ2n) is 6.05. The van der Waals surface area contributed by atoms with Gasteiger partial charge >= 0.3 is 0 Å². The average Bonchev–Trinajstić information content (AvgIpc) is 3.25. The van der Waals surface area contributed by atoms with Crippen molar-refractivity contribution in [3.8, 4) is 0 Å². The van der Waals surface area contributed by atoms with Gasteiger partial charge in [0.25, 0.3) is 0 Å². The molecule has 0 amide bonds. The molecule has 0 bridgehead atoms. The highest BCUT2D eigenvalue weighted by Gasteiger charge is 2.25. The number of rotatable bonds is 3. The molecule has 122 valence electrons. The third kappa shape index (κ3) is 2.14. The maximum atomic E-state index is 13.8. The van der Waals surface area contributed by atoms with Gasteiger partial charge in [-0.3, -0.25) is 4.68 Å². The second-order valence-corrected chi connectivity index (χ2v) is 6.05. The van der Waals surface area contributed by atoms with Gasteiger partial charge in [0.15, 0.2) is 0 Å². The summed E-state index contributed by atoms with van der Waals surface area (Å²) in [5, 5.41) is 5.42. The van der Waals surface area contributed by atoms with E-state index in [-0.39, 0.29) is 11.9 Å². The third-order valence-corrected chi connectivity index (χ3v) is 4.63. The number of benzene rings is 1. The lowest BCUT2D eigenvalue weighted by molar-refractivity contribution is 0.629. The first-order valence-electron chi connectivity index (χ1n) is 7.80. The van der Waals surface area contributed by atoms with Crippen molar-refractivity contribution < 1.29 is 4.39 Å². The number of aryl methyl sites for hydroxylation is 2. The standard InChI is InChI=1S/C18H18FN5/c1-11-17(12(2)23(3)22-11)18(24-7-6-20-10-24)15-9-21-16-5-4-13(19)8-14(15)16/h4-10,18,21H,1-3H3. The number of hydrogen-bond donors (Lipinski definition) is 1. The highest BCUT2D eigenvalue weighted by molar-refractivity contribution is 5.84. The summed E-state index contributed by atoms with van der Waals surface area (Å²) in [5.41, 5.74) is 5.06. The molecule has 0 aliphatic carbocycles. The molecule has 5 nitrogen and oxygen atoms in total. The molecule has 24 heavy (non-hydrogen) atoms. The Bertz CT molecular complexity index is 1010. The largest absolute Gasteiger partial charge is 0.361 e. The van der Waals surface area contributed by atoms with Crippen LogP contribution in [-0.2, 0) is 7.05 Å². The van der Waals surface area contributed by atoms with E-state index >= 15 is 0 Å². The summed E-state index contributed by atoms with van der Waals surface area (Å²) < 4.78 is 17.7. The van der Waals surface area contributed by atoms with Gasteiger partial charge in [0.2, 0.25) is 0 Å². The predicted octanol–water partition coefficient (Wildman–Crippen LogP) is 3.49. The minimum Gasteiger partial charge on any atom is -0.361 e. The van der Waals surface area contributed by atoms with Gasteiger partial charge in [-0.2, -0.15) is 5.10 Å². The Morgan fingerprint density at radius 3 is 2.75 bits per heavy atom. The zero-order valence-corrected chi connectivity index (χ0v) is 13.8. The van der Waals surface area contributed by atoms with Crippen LogP contribution in [0.15, 0.2) is 43.1 Å². The molecule has 0 spiro atoms. The van der Waals surface area contributed by atoms with E-state index in [9.17, 15) is 4.39 Å². The van der Waals surface area contributed by atoms with E-state index in [4.69, 9.17) is 0 Å². The van der Waals surface area contributed by atoms with Gasteiger partial charge in [-0.1, -0.05) is 0 Å². The highest BCUT2D eigenvalue weighted by atomic mass is 19.1. The predicted molar refractivity (Wildman–Crippen MR) is 90.4 cm³/mol. The van der Waals surface area contributed by atoms with E-state index < -0.39 is 0 Å². The molecule has 0 fully saturated rings. The molecule has 1 N–H and O–H groups in total. The second kappa shape index (κ2) is 5.33. The Kier molecular flexibility index (Phi) is 3.26. The number of aromatic nitrogens is 5. The van der Waals surface area contributed by atoms with Crippen LogP contribution in [0.25, 0.3) is 10.9 Å². The van der Waals surface area contributed by atoms with Crippen LogP contribution in [0.5, 0.6) is 0 Å². The molecule has 0 saturated heterocycles. The summed E-state index contributed by atoms with van der Waals surface area (Å²) in [7, 11) is 1.94. The quantitative estimate of drug-likeness (QED) is 0.627. The number of H-pyrrole nitrogens is 1. The van der Waals surface area contributed by atoms with Crippen molar-refractivity contribution in [1.82, 2.24) is 24.3 Å². The summed E-state index contributed by atoms with van der Waals surface area (Å²) in [6, 6.07) is 4.70. The van der Waals surface area contributed by atoms with Crippen LogP contribution < -0.4 is 0 Å². The number of nitrogens with zero attached hydrogens (tertiary/aromatic N) is 4. The maximum Gasteiger partial charge on any atom is 0.123 e. The molecule has 3 heterocycles. The van der Waals surface area contributed by atoms with E-state index in [1.807, 2.05) is 35.6 Å². The van der Waals surface area contributed by atoms with Crippen LogP contribution in [-0.4, -0.2) is 24.3 Å². The lowest BCUT2D eigenvalue weighted by atomic mass is 9.96. The monoisotopic (exact) mass is 323 g/mol. The van der Waals surface area contributed by atoms with Gasteiger partial charge in [0, 0.05) is 53.4 Å². The lowest BCUT2D eigenvalue weighted by Crippen LogP contribution is -2.12. The van der Waals surface area contributed by atoms with E-state index in [1.165, 1.54) is 6.07 Å². The molecule has 6 heteroatoms. The highest BCUT2D eigenvalue weighted by Crippen LogP contribution is 2.35. The maximum absolute atomic E-state index is 13.8. The first-order valence-corrected chi connectivity index (χ1v) is 7.80. The van der Waals surface area contributed by atoms with Crippen LogP contribution in [0.4, 0.5) is 4.39 Å². The molecular weight excluding hydrogens is 305 g/mol. The molecule has 0 aliphatic rings. The molecule has 1 unspecified atom stereocenters. The number of nitrogens with one attached hydrogen (secondary N) is 1. The SMILES string of the molecule is Cc1nn(C)c(C)c1C(c1c[nH]c2ccc(F)cc12)n1ccnc1. The van der Waals surface area contributed by atoms with Crippen molar-refractivity contribution in [1.29, 1.82) is 0 Å². The molecule has 1 aromatic carbocycles. The van der Waals surface area contributed by atoms with Crippen LogP contribution >= 0.6 is 0 Å². The smallest absolute Gasteiger partial charge is 0.123 e. The molecule has 3 aromatic heterocycles. The van der Waals surface area contributed by atoms with Crippen LogP contribution in [0.3, 0.4) is 0 Å². The summed E-state index contributed by atoms with van der Waals surface area (Å²) in [6.45, 7) is 4.05. The molecule has 4 rings (SSSR count). The Balaban J connectivity index is 2.01. The number of imidazole rings is 1. The van der Waals surface area contributed by atoms with Gasteiger partial charge in [-0.05, 0) is 32.0 Å². The van der Waals surface area contributed by atoms with Gasteiger partial charge in [-0.15, -0.1) is 0 Å². The van der Waals surface area contributed by atoms with Crippen molar-refractivity contribution in [2.75, 3.05) is 0 Å². The number of aromatic amines is 1. The fourth-order valence-corrected chi connectivity index (χ4v) is 3.41. The molecule has 0 radical (unpaired) electrons. The average molecular weight is 323 g/mol. The third-order valence-electron chi connectivity index (χ3n) is 4.63. The molecule has 1 atom stereocenters. The first-order chi connectivity index (χ1) is 11.6. The van der Waals surface area contributed by atoms with E-state index in [2.05, 4.69) is 22.0 Å². The van der Waals surface area contributed by atoms with E-state index in [1.54, 1.807) is 24.7 Å². The van der Waals surface area contributed by atoms with E-state index in [0.29, 0.717) is 0 Å². The fourth-order valence-electron chi connectivity index (χ4n) is 3.41. The van der Waals surface area contributed by atoms with Crippen molar-refractivity contribution in [3.63, 3.8) is 0 Å². The summed E-state index contributed by atoms with van der Waals surface area (Å²) in [6.07, 6.45) is 7.41. The Labute approximate surface area is 138 Å². The van der Waals surface area contributed by atoms with Gasteiger partial charge in [0.1, 0.15) is 5.82 Å². The molecule has 0 saturated carbocycles. The zero-order valence-electron chi connectivity index (χ0n) is 13.8. The van der Waals surface area contributed by atoms with Gasteiger partial charge < -0.3 is 9.55 Å². The summed E-state index contributed by atoms with van der Waals surface area (Å²) >= 11 is 0.